The predicted molar refractivity (Wildman–Crippen MR) is 89.6 cm³/mol. The Morgan fingerprint density at radius 2 is 1.45 bits per heavy atom. The quantitative estimate of drug-likeness (QED) is 0.419. The summed E-state index contributed by atoms with van der Waals surface area (Å²) in [7, 11) is 1.59. The Morgan fingerprint density at radius 3 is 1.80 bits per heavy atom. The summed E-state index contributed by atoms with van der Waals surface area (Å²) in [5.41, 5.74) is 0. The van der Waals surface area contributed by atoms with E-state index in [1.807, 2.05) is 0 Å². The molecule has 0 saturated carbocycles. The number of carbonyl (C=O) groups is 2. The highest BCUT2D eigenvalue weighted by Gasteiger charge is 2.06. The van der Waals surface area contributed by atoms with Crippen LogP contribution in [0.25, 0.3) is 0 Å². The summed E-state index contributed by atoms with van der Waals surface area (Å²) < 4.78 is 4.73. The van der Waals surface area contributed by atoms with Gasteiger partial charge in [-0.3, -0.25) is 9.59 Å². The predicted octanol–water partition coefficient (Wildman–Crippen LogP) is 1.14. The minimum absolute atomic E-state index is 0.0111. The third-order valence-corrected chi connectivity index (χ3v) is 2.52. The van der Waals surface area contributed by atoms with Crippen LogP contribution >= 0.6 is 25.3 Å². The van der Waals surface area contributed by atoms with E-state index in [1.54, 1.807) is 21.0 Å². The monoisotopic (exact) mass is 324 g/mol. The van der Waals surface area contributed by atoms with Crippen molar-refractivity contribution in [2.75, 3.05) is 26.8 Å². The number of hydrogen-bond donors (Lipinski definition) is 4. The fraction of sp³-hybridized carbons (Fsp3) is 0.846. The van der Waals surface area contributed by atoms with Gasteiger partial charge < -0.3 is 15.4 Å². The summed E-state index contributed by atoms with van der Waals surface area (Å²) in [6.45, 7) is 9.45. The topological polar surface area (TPSA) is 67.4 Å². The van der Waals surface area contributed by atoms with Gasteiger partial charge in [0.25, 0.3) is 0 Å². The van der Waals surface area contributed by atoms with Crippen LogP contribution in [0.4, 0.5) is 0 Å². The highest BCUT2D eigenvalue weighted by atomic mass is 32.1. The molecule has 2 N–H and O–H groups in total. The third kappa shape index (κ3) is 15.7. The van der Waals surface area contributed by atoms with E-state index < -0.39 is 0 Å². The van der Waals surface area contributed by atoms with Crippen LogP contribution in [-0.2, 0) is 14.3 Å². The zero-order valence-electron chi connectivity index (χ0n) is 13.0. The number of carbonyl (C=O) groups excluding carboxylic acids is 2. The van der Waals surface area contributed by atoms with Gasteiger partial charge in [-0.2, -0.15) is 25.3 Å². The SMILES string of the molecule is CC(C)CNC(=O)C(C)S.COCCNC(=O)C(C)S. The van der Waals surface area contributed by atoms with E-state index in [1.165, 1.54) is 0 Å². The first-order valence-electron chi connectivity index (χ1n) is 6.62. The van der Waals surface area contributed by atoms with Crippen molar-refractivity contribution in [1.29, 1.82) is 0 Å². The molecule has 0 saturated heterocycles. The van der Waals surface area contributed by atoms with Gasteiger partial charge in [0.15, 0.2) is 0 Å². The molecular weight excluding hydrogens is 296 g/mol. The van der Waals surface area contributed by atoms with Crippen LogP contribution in [-0.4, -0.2) is 49.1 Å². The van der Waals surface area contributed by atoms with E-state index in [9.17, 15) is 9.59 Å². The Morgan fingerprint density at radius 1 is 1.00 bits per heavy atom. The van der Waals surface area contributed by atoms with E-state index in [0.717, 1.165) is 6.54 Å². The van der Waals surface area contributed by atoms with Crippen LogP contribution in [0.15, 0.2) is 0 Å². The molecule has 0 fully saturated rings. The standard InChI is InChI=1S/C7H15NOS.C6H13NO2S/c1-5(2)4-8-7(9)6(3)10;1-5(10)6(8)7-3-4-9-2/h5-6,10H,4H2,1-3H3,(H,8,9);5,10H,3-4H2,1-2H3,(H,7,8). The van der Waals surface area contributed by atoms with Crippen molar-refractivity contribution in [2.24, 2.45) is 5.92 Å². The average molecular weight is 325 g/mol. The summed E-state index contributed by atoms with van der Waals surface area (Å²) >= 11 is 7.93. The molecule has 0 aromatic carbocycles. The second-order valence-corrected chi connectivity index (χ2v) is 6.32. The molecule has 2 atom stereocenters. The summed E-state index contributed by atoms with van der Waals surface area (Å²) in [6.07, 6.45) is 0. The van der Waals surface area contributed by atoms with Crippen LogP contribution in [0.1, 0.15) is 27.7 Å². The molecule has 20 heavy (non-hydrogen) atoms. The molecule has 0 aromatic rings. The number of amides is 2. The second-order valence-electron chi connectivity index (χ2n) is 4.77. The van der Waals surface area contributed by atoms with Crippen LogP contribution in [0.2, 0.25) is 0 Å². The van der Waals surface area contributed by atoms with E-state index in [0.29, 0.717) is 19.1 Å². The lowest BCUT2D eigenvalue weighted by molar-refractivity contribution is -0.121. The van der Waals surface area contributed by atoms with Gasteiger partial charge >= 0.3 is 0 Å². The van der Waals surface area contributed by atoms with Crippen molar-refractivity contribution >= 4 is 37.1 Å². The van der Waals surface area contributed by atoms with E-state index in [2.05, 4.69) is 49.7 Å². The Hall–Kier alpha value is -0.400. The largest absolute Gasteiger partial charge is 0.383 e. The van der Waals surface area contributed by atoms with E-state index in [4.69, 9.17) is 4.74 Å². The Bertz CT molecular complexity index is 272. The fourth-order valence-corrected chi connectivity index (χ4v) is 1.06. The van der Waals surface area contributed by atoms with Gasteiger partial charge in [0, 0.05) is 20.2 Å². The summed E-state index contributed by atoms with van der Waals surface area (Å²) in [4.78, 5) is 21.6. The number of thiol groups is 2. The van der Waals surface area contributed by atoms with Crippen LogP contribution in [0, 0.1) is 5.92 Å². The molecule has 120 valence electrons. The lowest BCUT2D eigenvalue weighted by Gasteiger charge is -2.08. The smallest absolute Gasteiger partial charge is 0.232 e. The number of hydrogen-bond acceptors (Lipinski definition) is 5. The summed E-state index contributed by atoms with van der Waals surface area (Å²) in [5.74, 6) is 0.466. The van der Waals surface area contributed by atoms with E-state index >= 15 is 0 Å². The van der Waals surface area contributed by atoms with Gasteiger partial charge in [-0.15, -0.1) is 0 Å². The number of methoxy groups -OCH3 is 1. The van der Waals surface area contributed by atoms with Crippen LogP contribution in [0.5, 0.6) is 0 Å². The molecular formula is C13H28N2O3S2. The minimum Gasteiger partial charge on any atom is -0.383 e. The maximum Gasteiger partial charge on any atom is 0.232 e. The highest BCUT2D eigenvalue weighted by molar-refractivity contribution is 7.82. The zero-order chi connectivity index (χ0) is 16.1. The summed E-state index contributed by atoms with van der Waals surface area (Å²) in [5, 5.41) is 4.97. The summed E-state index contributed by atoms with van der Waals surface area (Å²) in [6, 6.07) is 0. The molecule has 0 aliphatic rings. The first kappa shape index (κ1) is 21.9. The number of ether oxygens (including phenoxy) is 1. The van der Waals surface area contributed by atoms with Crippen molar-refractivity contribution < 1.29 is 14.3 Å². The minimum atomic E-state index is -0.239. The van der Waals surface area contributed by atoms with Gasteiger partial charge in [0.2, 0.25) is 11.8 Å². The highest BCUT2D eigenvalue weighted by Crippen LogP contribution is 1.93. The van der Waals surface area contributed by atoms with Crippen LogP contribution < -0.4 is 10.6 Å². The molecule has 2 unspecified atom stereocenters. The third-order valence-electron chi connectivity index (χ3n) is 2.05. The molecule has 0 aliphatic carbocycles. The lowest BCUT2D eigenvalue weighted by Crippen LogP contribution is -2.32. The first-order chi connectivity index (χ1) is 9.22. The van der Waals surface area contributed by atoms with Crippen LogP contribution in [0.3, 0.4) is 0 Å². The van der Waals surface area contributed by atoms with E-state index in [-0.39, 0.29) is 22.3 Å². The average Bonchev–Trinajstić information content (AvgIpc) is 2.36. The fourth-order valence-electron chi connectivity index (χ4n) is 0.876. The Labute approximate surface area is 133 Å². The van der Waals surface area contributed by atoms with Gasteiger partial charge in [0.1, 0.15) is 0 Å². The van der Waals surface area contributed by atoms with Crippen molar-refractivity contribution in [3.8, 4) is 0 Å². The van der Waals surface area contributed by atoms with Crippen molar-refractivity contribution in [3.05, 3.63) is 0 Å². The van der Waals surface area contributed by atoms with Crippen molar-refractivity contribution in [2.45, 2.75) is 38.2 Å². The number of nitrogens with one attached hydrogen (secondary N) is 2. The molecule has 0 bridgehead atoms. The van der Waals surface area contributed by atoms with Gasteiger partial charge in [-0.1, -0.05) is 13.8 Å². The molecule has 7 heteroatoms. The first-order valence-corrected chi connectivity index (χ1v) is 7.66. The maximum atomic E-state index is 10.9. The Kier molecular flexibility index (Phi) is 14.9. The molecule has 0 rings (SSSR count). The molecule has 0 aromatic heterocycles. The second kappa shape index (κ2) is 13.6. The molecule has 5 nitrogen and oxygen atoms in total. The molecule has 0 aliphatic heterocycles. The van der Waals surface area contributed by atoms with Gasteiger partial charge in [-0.25, -0.2) is 0 Å². The zero-order valence-corrected chi connectivity index (χ0v) is 14.8. The lowest BCUT2D eigenvalue weighted by atomic mass is 10.2. The molecule has 2 amide bonds. The normalized spacial score (nSPS) is 13.0. The van der Waals surface area contributed by atoms with Gasteiger partial charge in [-0.05, 0) is 19.8 Å². The van der Waals surface area contributed by atoms with Crippen molar-refractivity contribution in [3.63, 3.8) is 0 Å². The molecule has 0 heterocycles. The molecule has 0 spiro atoms. The molecule has 0 radical (unpaired) electrons. The Balaban J connectivity index is 0. The number of rotatable bonds is 7. The van der Waals surface area contributed by atoms with Crippen molar-refractivity contribution in [1.82, 2.24) is 10.6 Å². The van der Waals surface area contributed by atoms with Gasteiger partial charge in [0.05, 0.1) is 17.1 Å². The maximum absolute atomic E-state index is 10.9.